The maximum atomic E-state index is 12.7. The first kappa shape index (κ1) is 16.7. The monoisotopic (exact) mass is 346 g/mol. The molecule has 4 rings (SSSR count). The van der Waals surface area contributed by atoms with Crippen LogP contribution in [0.25, 0.3) is 0 Å². The quantitative estimate of drug-likeness (QED) is 0.904. The van der Waals surface area contributed by atoms with E-state index in [-0.39, 0.29) is 23.7 Å². The van der Waals surface area contributed by atoms with E-state index in [9.17, 15) is 9.59 Å². The molecular weight excluding hydrogens is 324 g/mol. The van der Waals surface area contributed by atoms with Crippen molar-refractivity contribution in [3.05, 3.63) is 71.0 Å². The second-order valence-corrected chi connectivity index (χ2v) is 6.99. The van der Waals surface area contributed by atoms with Crippen molar-refractivity contribution < 1.29 is 9.59 Å². The van der Waals surface area contributed by atoms with Crippen molar-refractivity contribution in [1.29, 1.82) is 0 Å². The van der Waals surface area contributed by atoms with Crippen LogP contribution in [0.5, 0.6) is 0 Å². The van der Waals surface area contributed by atoms with Gasteiger partial charge in [-0.15, -0.1) is 0 Å². The lowest BCUT2D eigenvalue weighted by Crippen LogP contribution is -2.35. The Balaban J connectivity index is 1.59. The topological polar surface area (TPSA) is 58.5 Å². The van der Waals surface area contributed by atoms with Crippen LogP contribution in [0.1, 0.15) is 44.1 Å². The van der Waals surface area contributed by atoms with Crippen LogP contribution in [-0.4, -0.2) is 17.5 Å². The first-order valence-electron chi connectivity index (χ1n) is 9.28. The smallest absolute Gasteiger partial charge is 0.253 e. The number of allylic oxidation sites excluding steroid dienone is 3. The normalized spacial score (nSPS) is 24.0. The molecule has 2 amide bonds. The molecule has 2 unspecified atom stereocenters. The highest BCUT2D eigenvalue weighted by Crippen LogP contribution is 2.39. The molecule has 2 aliphatic carbocycles. The van der Waals surface area contributed by atoms with E-state index in [1.54, 1.807) is 0 Å². The molecule has 1 aromatic carbocycles. The molecule has 0 spiro atoms. The summed E-state index contributed by atoms with van der Waals surface area (Å²) in [5.41, 5.74) is 4.62. The largest absolute Gasteiger partial charge is 0.325 e. The lowest BCUT2D eigenvalue weighted by atomic mass is 9.85. The first-order valence-corrected chi connectivity index (χ1v) is 9.28. The van der Waals surface area contributed by atoms with Crippen molar-refractivity contribution in [2.24, 2.45) is 10.9 Å². The van der Waals surface area contributed by atoms with Crippen LogP contribution in [0.15, 0.2) is 70.4 Å². The second-order valence-electron chi connectivity index (χ2n) is 6.99. The number of hydrogen-bond acceptors (Lipinski definition) is 2. The van der Waals surface area contributed by atoms with Gasteiger partial charge in [0.15, 0.2) is 0 Å². The Morgan fingerprint density at radius 2 is 2.08 bits per heavy atom. The zero-order valence-corrected chi connectivity index (χ0v) is 14.9. The van der Waals surface area contributed by atoms with E-state index in [0.29, 0.717) is 12.1 Å². The van der Waals surface area contributed by atoms with E-state index in [0.717, 1.165) is 36.1 Å². The fraction of sp³-hybridized carbons (Fsp3) is 0.318. The molecule has 0 saturated carbocycles. The number of carbonyl (C=O) groups excluding carboxylic acids is 2. The lowest BCUT2D eigenvalue weighted by molar-refractivity contribution is -0.119. The molecule has 0 radical (unpaired) electrons. The van der Waals surface area contributed by atoms with E-state index in [1.807, 2.05) is 49.4 Å². The van der Waals surface area contributed by atoms with E-state index in [1.165, 1.54) is 5.57 Å². The summed E-state index contributed by atoms with van der Waals surface area (Å²) < 4.78 is 0. The SMILES string of the molecule is CCC(C(=O)N=C1C=CC2C(=C1)NC(=O)C1=C2CCC1)c1ccccc1. The highest BCUT2D eigenvalue weighted by atomic mass is 16.2. The molecule has 1 heterocycles. The summed E-state index contributed by atoms with van der Waals surface area (Å²) in [6.07, 6.45) is 9.41. The average molecular weight is 346 g/mol. The molecule has 4 nitrogen and oxygen atoms in total. The molecule has 1 aromatic rings. The number of nitrogens with zero attached hydrogens (tertiary/aromatic N) is 1. The minimum absolute atomic E-state index is 0.0108. The molecular formula is C22H22N2O2. The minimum Gasteiger partial charge on any atom is -0.325 e. The summed E-state index contributed by atoms with van der Waals surface area (Å²) >= 11 is 0. The standard InChI is InChI=1S/C22H22N2O2/c1-2-16(14-7-4-3-5-8-14)21(25)23-15-11-12-18-17-9-6-10-19(17)22(26)24-20(18)13-15/h3-5,7-8,11-13,16,18H,2,6,9-10H2,1H3,(H,24,26). The van der Waals surface area contributed by atoms with Gasteiger partial charge in [-0.25, -0.2) is 4.99 Å². The molecule has 0 fully saturated rings. The Morgan fingerprint density at radius 1 is 1.27 bits per heavy atom. The molecule has 132 valence electrons. The van der Waals surface area contributed by atoms with E-state index >= 15 is 0 Å². The summed E-state index contributed by atoms with van der Waals surface area (Å²) in [5.74, 6) is -0.234. The molecule has 2 atom stereocenters. The zero-order chi connectivity index (χ0) is 18.1. The van der Waals surface area contributed by atoms with Gasteiger partial charge in [0.25, 0.3) is 11.8 Å². The minimum atomic E-state index is -0.238. The average Bonchev–Trinajstić information content (AvgIpc) is 3.14. The third kappa shape index (κ3) is 2.96. The molecule has 0 bridgehead atoms. The number of rotatable bonds is 3. The van der Waals surface area contributed by atoms with Crippen molar-refractivity contribution in [1.82, 2.24) is 5.32 Å². The van der Waals surface area contributed by atoms with Crippen LogP contribution >= 0.6 is 0 Å². The Hall–Kier alpha value is -2.75. The molecule has 3 aliphatic rings. The van der Waals surface area contributed by atoms with Crippen molar-refractivity contribution in [3.8, 4) is 0 Å². The van der Waals surface area contributed by atoms with Crippen LogP contribution < -0.4 is 5.32 Å². The van der Waals surface area contributed by atoms with E-state index in [4.69, 9.17) is 0 Å². The zero-order valence-electron chi connectivity index (χ0n) is 14.9. The number of hydrogen-bond donors (Lipinski definition) is 1. The van der Waals surface area contributed by atoms with Gasteiger partial charge in [0, 0.05) is 17.2 Å². The molecule has 4 heteroatoms. The Bertz CT molecular complexity index is 875. The summed E-state index contributed by atoms with van der Waals surface area (Å²) in [5, 5.41) is 2.99. The third-order valence-electron chi connectivity index (χ3n) is 5.41. The number of carbonyl (C=O) groups is 2. The van der Waals surface area contributed by atoms with Crippen molar-refractivity contribution in [3.63, 3.8) is 0 Å². The predicted octanol–water partition coefficient (Wildman–Crippen LogP) is 3.83. The second kappa shape index (κ2) is 6.87. The number of nitrogens with one attached hydrogen (secondary N) is 1. The van der Waals surface area contributed by atoms with Crippen LogP contribution in [-0.2, 0) is 9.59 Å². The van der Waals surface area contributed by atoms with Gasteiger partial charge in [-0.05, 0) is 49.0 Å². The van der Waals surface area contributed by atoms with Crippen LogP contribution in [0.3, 0.4) is 0 Å². The Morgan fingerprint density at radius 3 is 2.85 bits per heavy atom. The van der Waals surface area contributed by atoms with Crippen LogP contribution in [0.4, 0.5) is 0 Å². The van der Waals surface area contributed by atoms with E-state index in [2.05, 4.69) is 16.4 Å². The highest BCUT2D eigenvalue weighted by molar-refractivity contribution is 6.12. The van der Waals surface area contributed by atoms with Gasteiger partial charge in [0.1, 0.15) is 0 Å². The highest BCUT2D eigenvalue weighted by Gasteiger charge is 2.34. The third-order valence-corrected chi connectivity index (χ3v) is 5.41. The fourth-order valence-corrected chi connectivity index (χ4v) is 4.10. The van der Waals surface area contributed by atoms with Crippen LogP contribution in [0.2, 0.25) is 0 Å². The maximum Gasteiger partial charge on any atom is 0.253 e. The first-order chi connectivity index (χ1) is 12.7. The lowest BCUT2D eigenvalue weighted by Gasteiger charge is -2.28. The summed E-state index contributed by atoms with van der Waals surface area (Å²) in [6, 6.07) is 9.75. The molecule has 1 N–H and O–H groups in total. The summed E-state index contributed by atoms with van der Waals surface area (Å²) in [6.45, 7) is 2.00. The van der Waals surface area contributed by atoms with Gasteiger partial charge in [-0.2, -0.15) is 0 Å². The van der Waals surface area contributed by atoms with Crippen LogP contribution in [0, 0.1) is 5.92 Å². The van der Waals surface area contributed by atoms with Gasteiger partial charge < -0.3 is 5.32 Å². The number of benzene rings is 1. The predicted molar refractivity (Wildman–Crippen MR) is 102 cm³/mol. The molecule has 26 heavy (non-hydrogen) atoms. The van der Waals surface area contributed by atoms with Crippen molar-refractivity contribution >= 4 is 17.5 Å². The van der Waals surface area contributed by atoms with Gasteiger partial charge in [0.05, 0.1) is 11.6 Å². The molecule has 0 aromatic heterocycles. The Labute approximate surface area is 153 Å². The summed E-state index contributed by atoms with van der Waals surface area (Å²) in [4.78, 5) is 29.3. The number of fused-ring (bicyclic) bond motifs is 2. The molecule has 1 aliphatic heterocycles. The Kier molecular flexibility index (Phi) is 4.41. The van der Waals surface area contributed by atoms with Gasteiger partial charge in [-0.3, -0.25) is 9.59 Å². The maximum absolute atomic E-state index is 12.7. The van der Waals surface area contributed by atoms with Gasteiger partial charge in [0.2, 0.25) is 0 Å². The fourth-order valence-electron chi connectivity index (χ4n) is 4.10. The number of aliphatic imine (C=N–C) groups is 1. The molecule has 0 saturated heterocycles. The van der Waals surface area contributed by atoms with Gasteiger partial charge >= 0.3 is 0 Å². The van der Waals surface area contributed by atoms with Gasteiger partial charge in [-0.1, -0.05) is 43.3 Å². The van der Waals surface area contributed by atoms with Crippen molar-refractivity contribution in [2.45, 2.75) is 38.5 Å². The number of amides is 2. The van der Waals surface area contributed by atoms with Crippen molar-refractivity contribution in [2.75, 3.05) is 0 Å². The van der Waals surface area contributed by atoms with E-state index < -0.39 is 0 Å². The summed E-state index contributed by atoms with van der Waals surface area (Å²) in [7, 11) is 0.